The molecule has 0 aliphatic carbocycles. The highest BCUT2D eigenvalue weighted by molar-refractivity contribution is 5.90. The van der Waals surface area contributed by atoms with E-state index in [0.29, 0.717) is 23.6 Å². The number of nitrogens with zero attached hydrogens (tertiary/aromatic N) is 2. The molecule has 51 heavy (non-hydrogen) atoms. The van der Waals surface area contributed by atoms with Crippen LogP contribution in [0, 0.1) is 0 Å². The van der Waals surface area contributed by atoms with Gasteiger partial charge in [-0.05, 0) is 34.4 Å². The third kappa shape index (κ3) is 12.2. The number of benzene rings is 4. The Bertz CT molecular complexity index is 1840. The molecule has 0 fully saturated rings. The van der Waals surface area contributed by atoms with Gasteiger partial charge in [-0.2, -0.15) is 0 Å². The number of amides is 3. The summed E-state index contributed by atoms with van der Waals surface area (Å²) in [6.45, 7) is -0.410. The Morgan fingerprint density at radius 1 is 0.725 bits per heavy atom. The maximum absolute atomic E-state index is 14.2. The lowest BCUT2D eigenvalue weighted by atomic mass is 10.1. The standard InChI is InChI=1S/C39H39N5O7/c45-36(41-22-37(46)50-26-30-13-6-2-7-14-30)24-44(23-32-17-10-18-34(19-32)49-25-29-11-4-1-5-12-29)38(47)35(20-33-21-40-28-42-33)43-39(48)51-27-31-15-8-3-9-16-31/h1-19,21,28,35H,20,22-27H2,(H,40,42)(H,41,45)(H,43,48)/t35-/m0/s1. The fourth-order valence-corrected chi connectivity index (χ4v) is 5.04. The highest BCUT2D eigenvalue weighted by Crippen LogP contribution is 2.18. The van der Waals surface area contributed by atoms with Gasteiger partial charge >= 0.3 is 12.1 Å². The lowest BCUT2D eigenvalue weighted by Gasteiger charge is -2.27. The summed E-state index contributed by atoms with van der Waals surface area (Å²) in [6.07, 6.45) is 2.25. The first-order chi connectivity index (χ1) is 24.9. The minimum absolute atomic E-state index is 0.0000921. The van der Waals surface area contributed by atoms with Gasteiger partial charge in [0.05, 0.1) is 12.9 Å². The average Bonchev–Trinajstić information content (AvgIpc) is 3.68. The Balaban J connectivity index is 1.29. The molecule has 1 atom stereocenters. The number of alkyl carbamates (subject to hydrolysis) is 1. The molecule has 12 heteroatoms. The van der Waals surface area contributed by atoms with Crippen LogP contribution in [0.25, 0.3) is 0 Å². The molecule has 12 nitrogen and oxygen atoms in total. The van der Waals surface area contributed by atoms with E-state index in [4.69, 9.17) is 14.2 Å². The van der Waals surface area contributed by atoms with Gasteiger partial charge in [-0.1, -0.05) is 103 Å². The minimum atomic E-state index is -1.13. The van der Waals surface area contributed by atoms with Crippen LogP contribution in [0.2, 0.25) is 0 Å². The van der Waals surface area contributed by atoms with Crippen LogP contribution >= 0.6 is 0 Å². The van der Waals surface area contributed by atoms with Gasteiger partial charge in [-0.15, -0.1) is 0 Å². The fourth-order valence-electron chi connectivity index (χ4n) is 5.04. The van der Waals surface area contributed by atoms with E-state index in [0.717, 1.165) is 16.7 Å². The van der Waals surface area contributed by atoms with Crippen LogP contribution < -0.4 is 15.4 Å². The number of esters is 1. The number of H-pyrrole nitrogens is 1. The number of ether oxygens (including phenoxy) is 3. The van der Waals surface area contributed by atoms with Crippen molar-refractivity contribution in [1.82, 2.24) is 25.5 Å². The van der Waals surface area contributed by atoms with E-state index in [1.807, 2.05) is 91.0 Å². The van der Waals surface area contributed by atoms with Crippen molar-refractivity contribution in [3.05, 3.63) is 156 Å². The number of aromatic amines is 1. The smallest absolute Gasteiger partial charge is 0.408 e. The van der Waals surface area contributed by atoms with Crippen molar-refractivity contribution in [1.29, 1.82) is 0 Å². The van der Waals surface area contributed by atoms with Gasteiger partial charge in [-0.25, -0.2) is 9.78 Å². The first-order valence-electron chi connectivity index (χ1n) is 16.4. The summed E-state index contributed by atoms with van der Waals surface area (Å²) in [6, 6.07) is 34.1. The second-order valence-corrected chi connectivity index (χ2v) is 11.6. The van der Waals surface area contributed by atoms with E-state index >= 15 is 0 Å². The summed E-state index contributed by atoms with van der Waals surface area (Å²) < 4.78 is 16.7. The molecule has 3 N–H and O–H groups in total. The van der Waals surface area contributed by atoms with Crippen molar-refractivity contribution in [2.24, 2.45) is 0 Å². The molecule has 0 aliphatic rings. The summed E-state index contributed by atoms with van der Waals surface area (Å²) in [5, 5.41) is 5.21. The molecule has 0 unspecified atom stereocenters. The number of hydrogen-bond acceptors (Lipinski definition) is 8. The highest BCUT2D eigenvalue weighted by atomic mass is 16.5. The summed E-state index contributed by atoms with van der Waals surface area (Å²) in [5.41, 5.74) is 3.83. The largest absolute Gasteiger partial charge is 0.489 e. The van der Waals surface area contributed by atoms with Crippen LogP contribution in [0.3, 0.4) is 0 Å². The number of aromatic nitrogens is 2. The summed E-state index contributed by atoms with van der Waals surface area (Å²) in [7, 11) is 0. The first-order valence-corrected chi connectivity index (χ1v) is 16.4. The second-order valence-electron chi connectivity index (χ2n) is 11.6. The Hall–Kier alpha value is -6.43. The quantitative estimate of drug-likeness (QED) is 0.119. The van der Waals surface area contributed by atoms with Crippen LogP contribution in [0.15, 0.2) is 128 Å². The predicted octanol–water partition coefficient (Wildman–Crippen LogP) is 4.71. The molecule has 3 amide bonds. The topological polar surface area (TPSA) is 152 Å². The zero-order chi connectivity index (χ0) is 35.7. The van der Waals surface area contributed by atoms with E-state index in [1.54, 1.807) is 30.5 Å². The van der Waals surface area contributed by atoms with Gasteiger partial charge in [0.2, 0.25) is 11.8 Å². The van der Waals surface area contributed by atoms with Gasteiger partial charge in [0.15, 0.2) is 0 Å². The molecule has 262 valence electrons. The normalized spacial score (nSPS) is 11.1. The molecule has 0 radical (unpaired) electrons. The van der Waals surface area contributed by atoms with Crippen molar-refractivity contribution in [2.75, 3.05) is 13.1 Å². The number of hydrogen-bond donors (Lipinski definition) is 3. The Morgan fingerprint density at radius 3 is 1.96 bits per heavy atom. The van der Waals surface area contributed by atoms with Gasteiger partial charge in [0, 0.05) is 24.9 Å². The van der Waals surface area contributed by atoms with Crippen molar-refractivity contribution in [3.63, 3.8) is 0 Å². The minimum Gasteiger partial charge on any atom is -0.489 e. The van der Waals surface area contributed by atoms with Crippen LogP contribution in [0.4, 0.5) is 4.79 Å². The lowest BCUT2D eigenvalue weighted by Crippen LogP contribution is -2.52. The second kappa shape index (κ2) is 18.9. The van der Waals surface area contributed by atoms with Crippen molar-refractivity contribution >= 4 is 23.9 Å². The van der Waals surface area contributed by atoms with Crippen molar-refractivity contribution < 1.29 is 33.4 Å². The molecule has 0 spiro atoms. The Kier molecular flexibility index (Phi) is 13.3. The summed E-state index contributed by atoms with van der Waals surface area (Å²) in [5.74, 6) is -1.21. The molecule has 0 saturated heterocycles. The molecule has 0 saturated carbocycles. The van der Waals surface area contributed by atoms with Crippen LogP contribution in [-0.4, -0.2) is 57.9 Å². The molecule has 5 aromatic rings. The van der Waals surface area contributed by atoms with E-state index in [2.05, 4.69) is 20.6 Å². The van der Waals surface area contributed by atoms with E-state index in [1.165, 1.54) is 11.2 Å². The van der Waals surface area contributed by atoms with Gasteiger partial charge in [-0.3, -0.25) is 14.4 Å². The maximum atomic E-state index is 14.2. The van der Waals surface area contributed by atoms with Crippen LogP contribution in [0.5, 0.6) is 5.75 Å². The molecular weight excluding hydrogens is 650 g/mol. The Labute approximate surface area is 295 Å². The van der Waals surface area contributed by atoms with E-state index in [-0.39, 0.29) is 26.2 Å². The van der Waals surface area contributed by atoms with E-state index < -0.39 is 43.0 Å². The molecule has 0 bridgehead atoms. The third-order valence-corrected chi connectivity index (χ3v) is 7.62. The number of imidazole rings is 1. The molecule has 4 aromatic carbocycles. The third-order valence-electron chi connectivity index (χ3n) is 7.62. The van der Waals surface area contributed by atoms with Gasteiger partial charge in [0.25, 0.3) is 0 Å². The Morgan fingerprint density at radius 2 is 1.33 bits per heavy atom. The maximum Gasteiger partial charge on any atom is 0.408 e. The fraction of sp³-hybridized carbons (Fsp3) is 0.205. The monoisotopic (exact) mass is 689 g/mol. The summed E-state index contributed by atoms with van der Waals surface area (Å²) >= 11 is 0. The number of carbonyl (C=O) groups is 4. The molecule has 1 heterocycles. The van der Waals surface area contributed by atoms with Gasteiger partial charge < -0.3 is 34.7 Å². The zero-order valence-corrected chi connectivity index (χ0v) is 27.9. The molecule has 5 rings (SSSR count). The van der Waals surface area contributed by atoms with Gasteiger partial charge in [0.1, 0.15) is 38.2 Å². The number of carbonyl (C=O) groups excluding carboxylic acids is 4. The van der Waals surface area contributed by atoms with Crippen LogP contribution in [0.1, 0.15) is 27.9 Å². The average molecular weight is 690 g/mol. The molecule has 1 aromatic heterocycles. The summed E-state index contributed by atoms with van der Waals surface area (Å²) in [4.78, 5) is 61.1. The van der Waals surface area contributed by atoms with Crippen molar-refractivity contribution in [3.8, 4) is 5.75 Å². The van der Waals surface area contributed by atoms with Crippen LogP contribution in [-0.2, 0) is 56.6 Å². The number of rotatable bonds is 17. The SMILES string of the molecule is O=C(CN(Cc1cccc(OCc2ccccc2)c1)C(=O)[C@H](Cc1cnc[nH]1)NC(=O)OCc1ccccc1)NCC(=O)OCc1ccccc1. The van der Waals surface area contributed by atoms with E-state index in [9.17, 15) is 19.2 Å². The first kappa shape index (κ1) is 35.9. The number of nitrogens with one attached hydrogen (secondary N) is 3. The lowest BCUT2D eigenvalue weighted by molar-refractivity contribution is -0.145. The van der Waals surface area contributed by atoms with Crippen molar-refractivity contribution in [2.45, 2.75) is 38.8 Å². The highest BCUT2D eigenvalue weighted by Gasteiger charge is 2.29. The zero-order valence-electron chi connectivity index (χ0n) is 27.9. The molecule has 0 aliphatic heterocycles. The predicted molar refractivity (Wildman–Crippen MR) is 188 cm³/mol. The molecular formula is C39H39N5O7.